The SMILES string of the molecule is CN(C)c1ccc(C#Cc2ccc3c(c2)N(C)C(=O)[C@@H](NC(=O)C(=O)NCCc2ccccc2)CO3)cc1. The highest BCUT2D eigenvalue weighted by atomic mass is 16.5. The van der Waals surface area contributed by atoms with Gasteiger partial charge in [-0.2, -0.15) is 0 Å². The average Bonchev–Trinajstić information content (AvgIpc) is 3.04. The van der Waals surface area contributed by atoms with Crippen LogP contribution in [0.1, 0.15) is 16.7 Å². The Morgan fingerprint density at radius 2 is 1.66 bits per heavy atom. The Bertz CT molecular complexity index is 1370. The Morgan fingerprint density at radius 1 is 0.974 bits per heavy atom. The normalized spacial score (nSPS) is 14.2. The molecule has 1 heterocycles. The van der Waals surface area contributed by atoms with Gasteiger partial charge in [0.1, 0.15) is 18.4 Å². The zero-order chi connectivity index (χ0) is 27.1. The van der Waals surface area contributed by atoms with E-state index < -0.39 is 23.8 Å². The third-order valence-corrected chi connectivity index (χ3v) is 6.14. The number of carbonyl (C=O) groups is 3. The van der Waals surface area contributed by atoms with E-state index in [4.69, 9.17) is 4.74 Å². The molecule has 3 aromatic carbocycles. The lowest BCUT2D eigenvalue weighted by atomic mass is 10.1. The molecule has 0 fully saturated rings. The second kappa shape index (κ2) is 12.0. The van der Waals surface area contributed by atoms with Crippen LogP contribution in [0.15, 0.2) is 72.8 Å². The van der Waals surface area contributed by atoms with Crippen molar-refractivity contribution in [3.8, 4) is 17.6 Å². The molecule has 0 spiro atoms. The summed E-state index contributed by atoms with van der Waals surface area (Å²) in [5, 5.41) is 5.09. The van der Waals surface area contributed by atoms with Gasteiger partial charge in [-0.05, 0) is 54.4 Å². The predicted molar refractivity (Wildman–Crippen MR) is 147 cm³/mol. The molecule has 2 N–H and O–H groups in total. The number of ether oxygens (including phenoxy) is 1. The number of hydrogen-bond acceptors (Lipinski definition) is 5. The Labute approximate surface area is 222 Å². The van der Waals surface area contributed by atoms with Gasteiger partial charge in [-0.15, -0.1) is 0 Å². The summed E-state index contributed by atoms with van der Waals surface area (Å²) >= 11 is 0. The quantitative estimate of drug-likeness (QED) is 0.406. The Hall–Kier alpha value is -4.77. The van der Waals surface area contributed by atoms with Crippen molar-refractivity contribution in [3.63, 3.8) is 0 Å². The zero-order valence-electron chi connectivity index (χ0n) is 21.7. The van der Waals surface area contributed by atoms with E-state index in [0.717, 1.165) is 16.8 Å². The van der Waals surface area contributed by atoms with Crippen LogP contribution in [0.2, 0.25) is 0 Å². The van der Waals surface area contributed by atoms with Crippen LogP contribution in [0.5, 0.6) is 5.75 Å². The molecule has 0 aliphatic carbocycles. The van der Waals surface area contributed by atoms with Crippen molar-refractivity contribution in [1.82, 2.24) is 10.6 Å². The lowest BCUT2D eigenvalue weighted by molar-refractivity contribution is -0.140. The van der Waals surface area contributed by atoms with E-state index in [1.54, 1.807) is 19.2 Å². The van der Waals surface area contributed by atoms with E-state index in [1.807, 2.05) is 79.7 Å². The van der Waals surface area contributed by atoms with Crippen molar-refractivity contribution >= 4 is 29.1 Å². The van der Waals surface area contributed by atoms with Crippen molar-refractivity contribution < 1.29 is 19.1 Å². The molecule has 4 rings (SSSR count). The van der Waals surface area contributed by atoms with Crippen LogP contribution in [0, 0.1) is 11.8 Å². The summed E-state index contributed by atoms with van der Waals surface area (Å²) in [7, 11) is 5.56. The first kappa shape index (κ1) is 26.3. The molecule has 1 atom stereocenters. The molecule has 0 saturated heterocycles. The van der Waals surface area contributed by atoms with Crippen LogP contribution in [0.3, 0.4) is 0 Å². The molecule has 194 valence electrons. The van der Waals surface area contributed by atoms with Gasteiger partial charge in [0, 0.05) is 44.5 Å². The largest absolute Gasteiger partial charge is 0.489 e. The highest BCUT2D eigenvalue weighted by Gasteiger charge is 2.32. The molecule has 8 nitrogen and oxygen atoms in total. The maximum atomic E-state index is 13.1. The number of hydrogen-bond donors (Lipinski definition) is 2. The van der Waals surface area contributed by atoms with Crippen LogP contribution in [0.4, 0.5) is 11.4 Å². The highest BCUT2D eigenvalue weighted by molar-refractivity contribution is 6.35. The summed E-state index contributed by atoms with van der Waals surface area (Å²) in [5.74, 6) is 4.68. The average molecular weight is 511 g/mol. The van der Waals surface area contributed by atoms with Gasteiger partial charge in [-0.25, -0.2) is 0 Å². The topological polar surface area (TPSA) is 91.0 Å². The van der Waals surface area contributed by atoms with Crippen LogP contribution in [-0.2, 0) is 20.8 Å². The van der Waals surface area contributed by atoms with Gasteiger partial charge in [0.2, 0.25) is 0 Å². The number of fused-ring (bicyclic) bond motifs is 1. The summed E-state index contributed by atoms with van der Waals surface area (Å²) in [6.45, 7) is 0.211. The van der Waals surface area contributed by atoms with Crippen LogP contribution in [0.25, 0.3) is 0 Å². The van der Waals surface area contributed by atoms with Crippen molar-refractivity contribution in [1.29, 1.82) is 0 Å². The highest BCUT2D eigenvalue weighted by Crippen LogP contribution is 2.31. The molecule has 0 saturated carbocycles. The van der Waals surface area contributed by atoms with Crippen molar-refractivity contribution in [2.45, 2.75) is 12.5 Å². The van der Waals surface area contributed by atoms with Crippen molar-refractivity contribution in [3.05, 3.63) is 89.5 Å². The summed E-state index contributed by atoms with van der Waals surface area (Å²) in [4.78, 5) is 41.3. The molecule has 3 amide bonds. The molecule has 8 heteroatoms. The Morgan fingerprint density at radius 3 is 2.37 bits per heavy atom. The number of nitrogens with one attached hydrogen (secondary N) is 2. The minimum absolute atomic E-state index is 0.0948. The Kier molecular flexibility index (Phi) is 8.29. The fourth-order valence-electron chi connectivity index (χ4n) is 3.94. The smallest absolute Gasteiger partial charge is 0.310 e. The summed E-state index contributed by atoms with van der Waals surface area (Å²) in [6, 6.07) is 21.9. The third-order valence-electron chi connectivity index (χ3n) is 6.14. The number of nitrogens with zero attached hydrogens (tertiary/aromatic N) is 2. The van der Waals surface area contributed by atoms with Gasteiger partial charge in [-0.1, -0.05) is 42.2 Å². The van der Waals surface area contributed by atoms with E-state index >= 15 is 0 Å². The lowest BCUT2D eigenvalue weighted by Crippen LogP contribution is -2.53. The number of amides is 3. The van der Waals surface area contributed by atoms with E-state index in [0.29, 0.717) is 30.0 Å². The number of carbonyl (C=O) groups excluding carboxylic acids is 3. The van der Waals surface area contributed by atoms with Gasteiger partial charge < -0.3 is 25.2 Å². The maximum absolute atomic E-state index is 13.1. The first-order chi connectivity index (χ1) is 18.3. The summed E-state index contributed by atoms with van der Waals surface area (Å²) < 4.78 is 5.81. The minimum Gasteiger partial charge on any atom is -0.489 e. The van der Waals surface area contributed by atoms with Gasteiger partial charge in [0.15, 0.2) is 0 Å². The monoisotopic (exact) mass is 510 g/mol. The van der Waals surface area contributed by atoms with Crippen LogP contribution < -0.4 is 25.2 Å². The standard InChI is InChI=1S/C30H30N4O4/c1-33(2)24-14-11-22(12-15-24)9-10-23-13-16-27-26(19-23)34(3)30(37)25(20-38-27)32-29(36)28(35)31-18-17-21-7-5-4-6-8-21/h4-8,11-16,19,25H,17-18,20H2,1-3H3,(H,31,35)(H,32,36)/t25-/m0/s1. The first-order valence-corrected chi connectivity index (χ1v) is 12.3. The molecule has 38 heavy (non-hydrogen) atoms. The molecule has 3 aromatic rings. The molecule has 0 bridgehead atoms. The first-order valence-electron chi connectivity index (χ1n) is 12.3. The lowest BCUT2D eigenvalue weighted by Gasteiger charge is -2.20. The third kappa shape index (κ3) is 6.51. The van der Waals surface area contributed by atoms with Gasteiger partial charge in [-0.3, -0.25) is 14.4 Å². The number of likely N-dealkylation sites (N-methyl/N-ethyl adjacent to an activating group) is 1. The fourth-order valence-corrected chi connectivity index (χ4v) is 3.94. The summed E-state index contributed by atoms with van der Waals surface area (Å²) in [5.41, 5.74) is 4.25. The molecule has 1 aliphatic rings. The summed E-state index contributed by atoms with van der Waals surface area (Å²) in [6.07, 6.45) is 0.593. The van der Waals surface area contributed by atoms with Gasteiger partial charge >= 0.3 is 11.8 Å². The minimum atomic E-state index is -1.01. The van der Waals surface area contributed by atoms with E-state index in [-0.39, 0.29) is 6.61 Å². The van der Waals surface area contributed by atoms with Gasteiger partial charge in [0.05, 0.1) is 5.69 Å². The van der Waals surface area contributed by atoms with E-state index in [9.17, 15) is 14.4 Å². The number of benzene rings is 3. The van der Waals surface area contributed by atoms with Crippen LogP contribution >= 0.6 is 0 Å². The van der Waals surface area contributed by atoms with Crippen molar-refractivity contribution in [2.75, 3.05) is 44.1 Å². The zero-order valence-corrected chi connectivity index (χ0v) is 21.7. The molecule has 0 unspecified atom stereocenters. The second-order valence-corrected chi connectivity index (χ2v) is 9.10. The van der Waals surface area contributed by atoms with Gasteiger partial charge in [0.25, 0.3) is 5.91 Å². The molecular weight excluding hydrogens is 480 g/mol. The van der Waals surface area contributed by atoms with E-state index in [1.165, 1.54) is 4.90 Å². The Balaban J connectivity index is 1.38. The molecule has 1 aliphatic heterocycles. The molecule has 0 radical (unpaired) electrons. The van der Waals surface area contributed by atoms with Crippen LogP contribution in [-0.4, -0.2) is 58.1 Å². The maximum Gasteiger partial charge on any atom is 0.310 e. The van der Waals surface area contributed by atoms with Crippen molar-refractivity contribution in [2.24, 2.45) is 0 Å². The van der Waals surface area contributed by atoms with E-state index in [2.05, 4.69) is 22.5 Å². The predicted octanol–water partition coefficient (Wildman–Crippen LogP) is 2.35. The fraction of sp³-hybridized carbons (Fsp3) is 0.233. The second-order valence-electron chi connectivity index (χ2n) is 9.10. The molecule has 0 aromatic heterocycles. The number of anilines is 2. The number of rotatable bonds is 5. The molecular formula is C30H30N4O4.